The van der Waals surface area contributed by atoms with Gasteiger partial charge in [-0.15, -0.1) is 21.5 Å². The molecule has 0 saturated heterocycles. The number of anilines is 1. The molecule has 0 saturated carbocycles. The van der Waals surface area contributed by atoms with Gasteiger partial charge in [-0.25, -0.2) is 0 Å². The standard InChI is InChI=1S/C23H21ClN4O2S2/c1-15(22(29)25-19-13-16(24)10-11-20(19)30-2)32-23-27-26-21(14-18-9-6-12-31-18)28(23)17-7-4-3-5-8-17/h3-13,15H,14H2,1-2H3,(H,25,29). The van der Waals surface area contributed by atoms with Gasteiger partial charge in [0.25, 0.3) is 0 Å². The van der Waals surface area contributed by atoms with E-state index in [-0.39, 0.29) is 5.91 Å². The van der Waals surface area contributed by atoms with E-state index in [4.69, 9.17) is 16.3 Å². The Morgan fingerprint density at radius 1 is 1.19 bits per heavy atom. The summed E-state index contributed by atoms with van der Waals surface area (Å²) in [6, 6.07) is 19.1. The first kappa shape index (κ1) is 22.4. The normalized spacial score (nSPS) is 11.8. The van der Waals surface area contributed by atoms with E-state index in [9.17, 15) is 4.79 Å². The van der Waals surface area contributed by atoms with E-state index in [2.05, 4.69) is 21.6 Å². The molecule has 0 fully saturated rings. The van der Waals surface area contributed by atoms with Crippen LogP contribution in [0.5, 0.6) is 5.75 Å². The molecular weight excluding hydrogens is 464 g/mol. The number of benzene rings is 2. The number of para-hydroxylation sites is 1. The molecular formula is C23H21ClN4O2S2. The molecule has 0 radical (unpaired) electrons. The van der Waals surface area contributed by atoms with Crippen LogP contribution in [0.15, 0.2) is 71.2 Å². The van der Waals surface area contributed by atoms with E-state index in [1.165, 1.54) is 16.6 Å². The number of thioether (sulfide) groups is 1. The summed E-state index contributed by atoms with van der Waals surface area (Å²) in [5, 5.41) is 14.5. The second-order valence-electron chi connectivity index (χ2n) is 6.92. The predicted molar refractivity (Wildman–Crippen MR) is 130 cm³/mol. The smallest absolute Gasteiger partial charge is 0.237 e. The maximum absolute atomic E-state index is 12.9. The Kier molecular flexibility index (Phi) is 7.14. The first-order valence-corrected chi connectivity index (χ1v) is 12.0. The number of ether oxygens (including phenoxy) is 1. The second kappa shape index (κ2) is 10.2. The Bertz CT molecular complexity index is 1200. The van der Waals surface area contributed by atoms with Gasteiger partial charge in [0.2, 0.25) is 5.91 Å². The summed E-state index contributed by atoms with van der Waals surface area (Å²) in [6.45, 7) is 1.83. The molecule has 2 aromatic carbocycles. The molecule has 2 heterocycles. The highest BCUT2D eigenvalue weighted by Crippen LogP contribution is 2.31. The molecule has 1 unspecified atom stereocenters. The van der Waals surface area contributed by atoms with Crippen molar-refractivity contribution in [3.63, 3.8) is 0 Å². The number of nitrogens with zero attached hydrogens (tertiary/aromatic N) is 3. The highest BCUT2D eigenvalue weighted by Gasteiger charge is 2.22. The van der Waals surface area contributed by atoms with Crippen LogP contribution in [0.4, 0.5) is 5.69 Å². The molecule has 0 aliphatic rings. The van der Waals surface area contributed by atoms with Gasteiger partial charge in [-0.05, 0) is 48.7 Å². The predicted octanol–water partition coefficient (Wildman–Crippen LogP) is 5.70. The van der Waals surface area contributed by atoms with Crippen molar-refractivity contribution in [2.75, 3.05) is 12.4 Å². The molecule has 0 spiro atoms. The van der Waals surface area contributed by atoms with Gasteiger partial charge < -0.3 is 10.1 Å². The number of methoxy groups -OCH3 is 1. The fourth-order valence-corrected chi connectivity index (χ4v) is 4.88. The molecule has 0 aliphatic heterocycles. The van der Waals surface area contributed by atoms with Gasteiger partial charge in [-0.2, -0.15) is 0 Å². The van der Waals surface area contributed by atoms with Crippen molar-refractivity contribution in [3.8, 4) is 11.4 Å². The number of thiophene rings is 1. The van der Waals surface area contributed by atoms with Gasteiger partial charge in [-0.3, -0.25) is 9.36 Å². The summed E-state index contributed by atoms with van der Waals surface area (Å²) in [7, 11) is 1.55. The lowest BCUT2D eigenvalue weighted by Crippen LogP contribution is -2.23. The first-order valence-electron chi connectivity index (χ1n) is 9.88. The topological polar surface area (TPSA) is 69.0 Å². The highest BCUT2D eigenvalue weighted by molar-refractivity contribution is 8.00. The molecule has 1 atom stereocenters. The van der Waals surface area contributed by atoms with Crippen molar-refractivity contribution in [1.29, 1.82) is 0 Å². The van der Waals surface area contributed by atoms with Crippen LogP contribution in [0.3, 0.4) is 0 Å². The summed E-state index contributed by atoms with van der Waals surface area (Å²) < 4.78 is 7.33. The van der Waals surface area contributed by atoms with Gasteiger partial charge in [-0.1, -0.05) is 47.6 Å². The number of amides is 1. The van der Waals surface area contributed by atoms with Crippen molar-refractivity contribution in [3.05, 3.63) is 81.8 Å². The molecule has 164 valence electrons. The molecule has 0 aliphatic carbocycles. The second-order valence-corrected chi connectivity index (χ2v) is 9.70. The maximum atomic E-state index is 12.9. The number of rotatable bonds is 8. The van der Waals surface area contributed by atoms with Crippen molar-refractivity contribution < 1.29 is 9.53 Å². The number of halogens is 1. The number of carbonyl (C=O) groups is 1. The molecule has 32 heavy (non-hydrogen) atoms. The quantitative estimate of drug-likeness (QED) is 0.325. The third-order valence-corrected chi connectivity index (χ3v) is 6.85. The van der Waals surface area contributed by atoms with Crippen LogP contribution in [0, 0.1) is 0 Å². The van der Waals surface area contributed by atoms with E-state index in [0.29, 0.717) is 28.0 Å². The number of nitrogens with one attached hydrogen (secondary N) is 1. The Balaban J connectivity index is 1.57. The van der Waals surface area contributed by atoms with Crippen molar-refractivity contribution in [2.45, 2.75) is 23.8 Å². The van der Waals surface area contributed by atoms with Gasteiger partial charge in [0.15, 0.2) is 5.16 Å². The number of hydrogen-bond donors (Lipinski definition) is 1. The van der Waals surface area contributed by atoms with Crippen molar-refractivity contribution >= 4 is 46.3 Å². The Morgan fingerprint density at radius 3 is 2.72 bits per heavy atom. The Labute approximate surface area is 199 Å². The molecule has 1 N–H and O–H groups in total. The minimum atomic E-state index is -0.431. The molecule has 1 amide bonds. The average molecular weight is 485 g/mol. The zero-order chi connectivity index (χ0) is 22.5. The van der Waals surface area contributed by atoms with Crippen LogP contribution in [0.25, 0.3) is 5.69 Å². The third kappa shape index (κ3) is 5.15. The van der Waals surface area contributed by atoms with E-state index < -0.39 is 5.25 Å². The lowest BCUT2D eigenvalue weighted by molar-refractivity contribution is -0.115. The van der Waals surface area contributed by atoms with Crippen LogP contribution in [-0.4, -0.2) is 33.0 Å². The van der Waals surface area contributed by atoms with Crippen molar-refractivity contribution in [2.24, 2.45) is 0 Å². The molecule has 4 aromatic rings. The van der Waals surface area contributed by atoms with E-state index in [0.717, 1.165) is 11.5 Å². The lowest BCUT2D eigenvalue weighted by Gasteiger charge is -2.15. The van der Waals surface area contributed by atoms with Gasteiger partial charge >= 0.3 is 0 Å². The van der Waals surface area contributed by atoms with Crippen molar-refractivity contribution in [1.82, 2.24) is 14.8 Å². The van der Waals surface area contributed by atoms with Crippen LogP contribution < -0.4 is 10.1 Å². The summed E-state index contributed by atoms with van der Waals surface area (Å²) >= 11 is 9.11. The monoisotopic (exact) mass is 484 g/mol. The average Bonchev–Trinajstić information content (AvgIpc) is 3.45. The first-order chi connectivity index (χ1) is 15.5. The van der Waals surface area contributed by atoms with E-state index in [1.54, 1.807) is 36.6 Å². The van der Waals surface area contributed by atoms with Crippen LogP contribution in [0.1, 0.15) is 17.6 Å². The van der Waals surface area contributed by atoms with Crippen LogP contribution >= 0.6 is 34.7 Å². The minimum absolute atomic E-state index is 0.182. The molecule has 6 nitrogen and oxygen atoms in total. The zero-order valence-electron chi connectivity index (χ0n) is 17.5. The molecule has 9 heteroatoms. The largest absolute Gasteiger partial charge is 0.495 e. The van der Waals surface area contributed by atoms with Crippen LogP contribution in [0.2, 0.25) is 5.02 Å². The van der Waals surface area contributed by atoms with Gasteiger partial charge in [0, 0.05) is 22.0 Å². The third-order valence-electron chi connectivity index (χ3n) is 4.70. The Hall–Kier alpha value is -2.81. The highest BCUT2D eigenvalue weighted by atomic mass is 35.5. The summed E-state index contributed by atoms with van der Waals surface area (Å²) in [5.41, 5.74) is 1.48. The number of hydrogen-bond acceptors (Lipinski definition) is 6. The van der Waals surface area contributed by atoms with Crippen LogP contribution in [-0.2, 0) is 11.2 Å². The minimum Gasteiger partial charge on any atom is -0.495 e. The van der Waals surface area contributed by atoms with Gasteiger partial charge in [0.05, 0.1) is 18.0 Å². The number of aromatic nitrogens is 3. The summed E-state index contributed by atoms with van der Waals surface area (Å²) in [5.74, 6) is 1.19. The molecule has 2 aromatic heterocycles. The lowest BCUT2D eigenvalue weighted by atomic mass is 10.3. The fourth-order valence-electron chi connectivity index (χ4n) is 3.12. The molecule has 4 rings (SSSR count). The van der Waals surface area contributed by atoms with Gasteiger partial charge in [0.1, 0.15) is 11.6 Å². The summed E-state index contributed by atoms with van der Waals surface area (Å²) in [6.07, 6.45) is 0.667. The van der Waals surface area contributed by atoms with E-state index >= 15 is 0 Å². The van der Waals surface area contributed by atoms with E-state index in [1.807, 2.05) is 53.3 Å². The summed E-state index contributed by atoms with van der Waals surface area (Å²) in [4.78, 5) is 14.1. The SMILES string of the molecule is COc1ccc(Cl)cc1NC(=O)C(C)Sc1nnc(Cc2cccs2)n1-c1ccccc1. The fraction of sp³-hybridized carbons (Fsp3) is 0.174. The number of carbonyl (C=O) groups excluding carboxylic acids is 1. The maximum Gasteiger partial charge on any atom is 0.237 e. The molecule has 0 bridgehead atoms. The Morgan fingerprint density at radius 2 is 2.00 bits per heavy atom. The zero-order valence-corrected chi connectivity index (χ0v) is 19.9.